The van der Waals surface area contributed by atoms with E-state index >= 15 is 0 Å². The molecule has 108 valence electrons. The van der Waals surface area contributed by atoms with Crippen LogP contribution in [-0.4, -0.2) is 26.2 Å². The number of hydrogen-bond donors (Lipinski definition) is 2. The maximum Gasteiger partial charge on any atom is 0.137 e. The van der Waals surface area contributed by atoms with Crippen molar-refractivity contribution >= 4 is 21.7 Å². The summed E-state index contributed by atoms with van der Waals surface area (Å²) in [6, 6.07) is 1.82. The lowest BCUT2D eigenvalue weighted by atomic mass is 9.86. The molecule has 5 heteroatoms. The third kappa shape index (κ3) is 4.14. The fourth-order valence-corrected chi connectivity index (χ4v) is 1.67. The molecule has 0 fully saturated rings. The molecule has 1 aromatic heterocycles. The molecule has 1 rings (SSSR count). The van der Waals surface area contributed by atoms with E-state index in [1.54, 1.807) is 13.8 Å². The van der Waals surface area contributed by atoms with Gasteiger partial charge in [0.05, 0.1) is 11.1 Å². The highest BCUT2D eigenvalue weighted by molar-refractivity contribution is 9.10. The molecule has 19 heavy (non-hydrogen) atoms. The molecule has 0 bridgehead atoms. The summed E-state index contributed by atoms with van der Waals surface area (Å²) in [5.41, 5.74) is -1.50. The number of aromatic nitrogens is 2. The number of rotatable bonds is 3. The molecule has 0 unspecified atom stereocenters. The Balaban J connectivity index is 3.13. The summed E-state index contributed by atoms with van der Waals surface area (Å²) in [6.07, 6.45) is 0. The Hall–Kier alpha value is -0.680. The second-order valence-corrected chi connectivity index (χ2v) is 7.77. The highest BCUT2D eigenvalue weighted by Gasteiger charge is 2.35. The quantitative estimate of drug-likeness (QED) is 0.833. The molecule has 0 amide bonds. The molecular formula is C14H24BrN3O. The molecular weight excluding hydrogens is 306 g/mol. The maximum absolute atomic E-state index is 10.2. The summed E-state index contributed by atoms with van der Waals surface area (Å²) in [5.74, 6) is 1.47. The van der Waals surface area contributed by atoms with Crippen LogP contribution in [0.5, 0.6) is 0 Å². The van der Waals surface area contributed by atoms with Crippen molar-refractivity contribution in [3.63, 3.8) is 0 Å². The number of nitrogens with one attached hydrogen (secondary N) is 1. The second-order valence-electron chi connectivity index (χ2n) is 6.96. The van der Waals surface area contributed by atoms with Crippen LogP contribution >= 0.6 is 15.9 Å². The van der Waals surface area contributed by atoms with E-state index in [9.17, 15) is 5.11 Å². The molecule has 0 aliphatic heterocycles. The van der Waals surface area contributed by atoms with Crippen molar-refractivity contribution < 1.29 is 5.11 Å². The van der Waals surface area contributed by atoms with E-state index in [1.807, 2.05) is 19.9 Å². The highest BCUT2D eigenvalue weighted by Crippen LogP contribution is 2.28. The van der Waals surface area contributed by atoms with Gasteiger partial charge in [0.25, 0.3) is 0 Å². The first kappa shape index (κ1) is 16.4. The minimum Gasteiger partial charge on any atom is -0.388 e. The standard InChI is InChI=1S/C14H24BrN3O/c1-12(2,3)11-16-9(15)8-10(17-11)18-13(4,5)14(6,7)19/h8,19H,1-7H3,(H,16,17,18). The van der Waals surface area contributed by atoms with Crippen molar-refractivity contribution in [2.45, 2.75) is 65.0 Å². The van der Waals surface area contributed by atoms with Crippen molar-refractivity contribution in [1.29, 1.82) is 0 Å². The first-order valence-electron chi connectivity index (χ1n) is 6.38. The monoisotopic (exact) mass is 329 g/mol. The zero-order valence-electron chi connectivity index (χ0n) is 12.8. The third-order valence-electron chi connectivity index (χ3n) is 3.34. The van der Waals surface area contributed by atoms with E-state index in [0.717, 1.165) is 10.4 Å². The normalized spacial score (nSPS) is 13.5. The number of aliphatic hydroxyl groups is 1. The van der Waals surface area contributed by atoms with Crippen molar-refractivity contribution in [2.75, 3.05) is 5.32 Å². The fourth-order valence-electron chi connectivity index (χ4n) is 1.29. The lowest BCUT2D eigenvalue weighted by Gasteiger charge is -2.38. The minimum atomic E-state index is -0.869. The lowest BCUT2D eigenvalue weighted by molar-refractivity contribution is 0.0238. The third-order valence-corrected chi connectivity index (χ3v) is 3.74. The molecule has 4 nitrogen and oxygen atoms in total. The maximum atomic E-state index is 10.2. The van der Waals surface area contributed by atoms with E-state index in [4.69, 9.17) is 0 Å². The molecule has 0 radical (unpaired) electrons. The topological polar surface area (TPSA) is 58.0 Å². The van der Waals surface area contributed by atoms with Gasteiger partial charge < -0.3 is 10.4 Å². The molecule has 1 heterocycles. The van der Waals surface area contributed by atoms with Crippen LogP contribution < -0.4 is 5.32 Å². The summed E-state index contributed by atoms with van der Waals surface area (Å²) in [5, 5.41) is 13.5. The average Bonchev–Trinajstić information content (AvgIpc) is 2.12. The molecule has 0 aromatic carbocycles. The summed E-state index contributed by atoms with van der Waals surface area (Å²) >= 11 is 3.41. The van der Waals surface area contributed by atoms with Crippen LogP contribution in [-0.2, 0) is 5.41 Å². The van der Waals surface area contributed by atoms with Crippen LogP contribution in [0, 0.1) is 0 Å². The lowest BCUT2D eigenvalue weighted by Crippen LogP contribution is -2.51. The number of halogens is 1. The summed E-state index contributed by atoms with van der Waals surface area (Å²) in [7, 11) is 0. The molecule has 1 aromatic rings. The number of nitrogens with zero attached hydrogens (tertiary/aromatic N) is 2. The van der Waals surface area contributed by atoms with Gasteiger partial charge in [0, 0.05) is 11.5 Å². The summed E-state index contributed by atoms with van der Waals surface area (Å²) in [6.45, 7) is 13.7. The molecule has 0 spiro atoms. The first-order valence-corrected chi connectivity index (χ1v) is 7.18. The van der Waals surface area contributed by atoms with Gasteiger partial charge in [-0.25, -0.2) is 9.97 Å². The zero-order valence-corrected chi connectivity index (χ0v) is 14.4. The van der Waals surface area contributed by atoms with Gasteiger partial charge in [-0.2, -0.15) is 0 Å². The van der Waals surface area contributed by atoms with Gasteiger partial charge >= 0.3 is 0 Å². The van der Waals surface area contributed by atoms with Crippen LogP contribution in [0.3, 0.4) is 0 Å². The van der Waals surface area contributed by atoms with Gasteiger partial charge in [-0.1, -0.05) is 20.8 Å². The summed E-state index contributed by atoms with van der Waals surface area (Å²) in [4.78, 5) is 8.94. The van der Waals surface area contributed by atoms with Crippen molar-refractivity contribution in [3.8, 4) is 0 Å². The van der Waals surface area contributed by atoms with Gasteiger partial charge in [0.2, 0.25) is 0 Å². The van der Waals surface area contributed by atoms with Crippen molar-refractivity contribution in [2.24, 2.45) is 0 Å². The summed E-state index contributed by atoms with van der Waals surface area (Å²) < 4.78 is 0.737. The van der Waals surface area contributed by atoms with E-state index in [-0.39, 0.29) is 5.41 Å². The van der Waals surface area contributed by atoms with Gasteiger partial charge in [0.1, 0.15) is 16.2 Å². The second kappa shape index (κ2) is 5.02. The van der Waals surface area contributed by atoms with Crippen LogP contribution in [0.2, 0.25) is 0 Å². The Morgan fingerprint density at radius 1 is 1.05 bits per heavy atom. The Labute approximate surface area is 124 Å². The van der Waals surface area contributed by atoms with Gasteiger partial charge in [-0.05, 0) is 43.6 Å². The molecule has 2 N–H and O–H groups in total. The predicted octanol–water partition coefficient (Wildman–Crippen LogP) is 3.50. The zero-order chi connectivity index (χ0) is 15.1. The van der Waals surface area contributed by atoms with E-state index in [0.29, 0.717) is 5.82 Å². The SMILES string of the molecule is CC(C)(C)c1nc(Br)cc(NC(C)(C)C(C)(C)O)n1. The van der Waals surface area contributed by atoms with Crippen LogP contribution in [0.4, 0.5) is 5.82 Å². The molecule has 0 saturated carbocycles. The van der Waals surface area contributed by atoms with E-state index < -0.39 is 11.1 Å². The largest absolute Gasteiger partial charge is 0.388 e. The predicted molar refractivity (Wildman–Crippen MR) is 82.4 cm³/mol. The molecule has 0 saturated heterocycles. The molecule has 0 aliphatic rings. The van der Waals surface area contributed by atoms with Crippen LogP contribution in [0.15, 0.2) is 10.7 Å². The number of hydrogen-bond acceptors (Lipinski definition) is 4. The minimum absolute atomic E-state index is 0.126. The molecule has 0 atom stereocenters. The van der Waals surface area contributed by atoms with E-state index in [1.165, 1.54) is 0 Å². The van der Waals surface area contributed by atoms with Gasteiger partial charge in [-0.15, -0.1) is 0 Å². The smallest absolute Gasteiger partial charge is 0.137 e. The van der Waals surface area contributed by atoms with Crippen LogP contribution in [0.1, 0.15) is 54.3 Å². The number of anilines is 1. The van der Waals surface area contributed by atoms with Gasteiger partial charge in [-0.3, -0.25) is 0 Å². The highest BCUT2D eigenvalue weighted by atomic mass is 79.9. The average molecular weight is 330 g/mol. The van der Waals surface area contributed by atoms with Crippen molar-refractivity contribution in [3.05, 3.63) is 16.5 Å². The van der Waals surface area contributed by atoms with E-state index in [2.05, 4.69) is 52.0 Å². The Morgan fingerprint density at radius 3 is 2.00 bits per heavy atom. The first-order chi connectivity index (χ1) is 8.33. The van der Waals surface area contributed by atoms with Gasteiger partial charge in [0.15, 0.2) is 0 Å². The Bertz CT molecular complexity index is 459. The molecule has 0 aliphatic carbocycles. The Morgan fingerprint density at radius 2 is 1.58 bits per heavy atom. The van der Waals surface area contributed by atoms with Crippen molar-refractivity contribution in [1.82, 2.24) is 9.97 Å². The fraction of sp³-hybridized carbons (Fsp3) is 0.714. The van der Waals surface area contributed by atoms with Crippen LogP contribution in [0.25, 0.3) is 0 Å². The Kier molecular flexibility index (Phi) is 4.32.